The first kappa shape index (κ1) is 8.94. The summed E-state index contributed by atoms with van der Waals surface area (Å²) in [6, 6.07) is 0. The maximum absolute atomic E-state index is 12.6. The van der Waals surface area contributed by atoms with E-state index >= 15 is 0 Å². The molecular weight excluding hydrogens is 145 g/mol. The summed E-state index contributed by atoms with van der Waals surface area (Å²) in [6.45, 7) is 3.46. The van der Waals surface area contributed by atoms with Crippen LogP contribution in [0.2, 0.25) is 0 Å². The van der Waals surface area contributed by atoms with Crippen LogP contribution in [0.4, 0.5) is 4.39 Å². The predicted molar refractivity (Wildman–Crippen MR) is 42.1 cm³/mol. The maximum Gasteiger partial charge on any atom is 0.0976 e. The zero-order valence-corrected chi connectivity index (χ0v) is 6.89. The smallest absolute Gasteiger partial charge is 0.0976 e. The highest BCUT2D eigenvalue weighted by molar-refractivity contribution is 4.81. The van der Waals surface area contributed by atoms with Gasteiger partial charge in [-0.1, -0.05) is 0 Å². The van der Waals surface area contributed by atoms with Gasteiger partial charge >= 0.3 is 0 Å². The molecule has 1 heterocycles. The molecule has 1 rings (SSSR count). The highest BCUT2D eigenvalue weighted by atomic mass is 19.1. The standard InChI is InChI=1S/C8H16FNO/c1-6(9)2-7-3-10-4-8(7)5-11/h6-8,10-11H,2-5H2,1H3. The van der Waals surface area contributed by atoms with Crippen LogP contribution < -0.4 is 5.32 Å². The Morgan fingerprint density at radius 1 is 1.55 bits per heavy atom. The number of alkyl halides is 1. The lowest BCUT2D eigenvalue weighted by molar-refractivity contribution is 0.181. The molecule has 0 radical (unpaired) electrons. The Balaban J connectivity index is 2.31. The Morgan fingerprint density at radius 3 is 2.73 bits per heavy atom. The minimum Gasteiger partial charge on any atom is -0.396 e. The monoisotopic (exact) mass is 161 g/mol. The molecule has 0 aromatic carbocycles. The lowest BCUT2D eigenvalue weighted by Crippen LogP contribution is -2.19. The van der Waals surface area contributed by atoms with Crippen molar-refractivity contribution in [3.8, 4) is 0 Å². The Morgan fingerprint density at radius 2 is 2.18 bits per heavy atom. The quantitative estimate of drug-likeness (QED) is 0.634. The van der Waals surface area contributed by atoms with Crippen molar-refractivity contribution in [3.05, 3.63) is 0 Å². The van der Waals surface area contributed by atoms with E-state index in [0.29, 0.717) is 12.3 Å². The van der Waals surface area contributed by atoms with Gasteiger partial charge < -0.3 is 10.4 Å². The van der Waals surface area contributed by atoms with E-state index in [1.54, 1.807) is 6.92 Å². The third kappa shape index (κ3) is 2.42. The summed E-state index contributed by atoms with van der Waals surface area (Å²) in [5.41, 5.74) is 0. The van der Waals surface area contributed by atoms with E-state index in [0.717, 1.165) is 13.1 Å². The number of rotatable bonds is 3. The van der Waals surface area contributed by atoms with Gasteiger partial charge in [-0.2, -0.15) is 0 Å². The molecule has 2 N–H and O–H groups in total. The molecule has 1 saturated heterocycles. The first-order chi connectivity index (χ1) is 5.24. The van der Waals surface area contributed by atoms with Gasteiger partial charge in [0.1, 0.15) is 0 Å². The van der Waals surface area contributed by atoms with E-state index in [-0.39, 0.29) is 12.5 Å². The van der Waals surface area contributed by atoms with E-state index in [2.05, 4.69) is 5.32 Å². The molecule has 3 heteroatoms. The zero-order chi connectivity index (χ0) is 8.27. The Bertz CT molecular complexity index is 119. The van der Waals surface area contributed by atoms with Gasteiger partial charge in [0.05, 0.1) is 6.17 Å². The summed E-state index contributed by atoms with van der Waals surface area (Å²) in [5, 5.41) is 12.0. The normalized spacial score (nSPS) is 34.1. The van der Waals surface area contributed by atoms with Crippen LogP contribution in [0.25, 0.3) is 0 Å². The number of hydrogen-bond acceptors (Lipinski definition) is 2. The van der Waals surface area contributed by atoms with Crippen molar-refractivity contribution in [2.75, 3.05) is 19.7 Å². The summed E-state index contributed by atoms with van der Waals surface area (Å²) in [4.78, 5) is 0. The molecule has 3 atom stereocenters. The van der Waals surface area contributed by atoms with Crippen LogP contribution in [0.5, 0.6) is 0 Å². The first-order valence-electron chi connectivity index (χ1n) is 4.19. The van der Waals surface area contributed by atoms with Gasteiger partial charge in [0.15, 0.2) is 0 Å². The first-order valence-corrected chi connectivity index (χ1v) is 4.19. The second-order valence-corrected chi connectivity index (χ2v) is 3.38. The summed E-state index contributed by atoms with van der Waals surface area (Å²) in [7, 11) is 0. The fourth-order valence-corrected chi connectivity index (χ4v) is 1.69. The molecule has 1 fully saturated rings. The Hall–Kier alpha value is -0.150. The number of aliphatic hydroxyl groups excluding tert-OH is 1. The molecule has 2 nitrogen and oxygen atoms in total. The molecule has 0 aromatic heterocycles. The number of hydrogen-bond donors (Lipinski definition) is 2. The molecular formula is C8H16FNO. The van der Waals surface area contributed by atoms with Crippen molar-refractivity contribution in [2.45, 2.75) is 19.5 Å². The van der Waals surface area contributed by atoms with E-state index in [1.807, 2.05) is 0 Å². The SMILES string of the molecule is CC(F)CC1CNCC1CO. The van der Waals surface area contributed by atoms with E-state index in [4.69, 9.17) is 5.11 Å². The van der Waals surface area contributed by atoms with Crippen molar-refractivity contribution in [1.82, 2.24) is 5.32 Å². The van der Waals surface area contributed by atoms with E-state index in [9.17, 15) is 4.39 Å². The number of halogens is 1. The third-order valence-corrected chi connectivity index (χ3v) is 2.34. The second-order valence-electron chi connectivity index (χ2n) is 3.38. The molecule has 1 aliphatic heterocycles. The predicted octanol–water partition coefficient (Wildman–Crippen LogP) is 0.562. The van der Waals surface area contributed by atoms with Gasteiger partial charge in [-0.25, -0.2) is 4.39 Å². The van der Waals surface area contributed by atoms with E-state index in [1.165, 1.54) is 0 Å². The van der Waals surface area contributed by atoms with Crippen molar-refractivity contribution in [1.29, 1.82) is 0 Å². The molecule has 0 aromatic rings. The summed E-state index contributed by atoms with van der Waals surface area (Å²) < 4.78 is 12.6. The fourth-order valence-electron chi connectivity index (χ4n) is 1.69. The number of aliphatic hydroxyl groups is 1. The maximum atomic E-state index is 12.6. The van der Waals surface area contributed by atoms with Crippen LogP contribution in [0.15, 0.2) is 0 Å². The molecule has 1 aliphatic rings. The minimum atomic E-state index is -0.742. The van der Waals surface area contributed by atoms with Crippen LogP contribution in [0, 0.1) is 11.8 Å². The van der Waals surface area contributed by atoms with Gasteiger partial charge in [0, 0.05) is 13.2 Å². The van der Waals surface area contributed by atoms with Crippen LogP contribution in [-0.4, -0.2) is 31.0 Å². The lowest BCUT2D eigenvalue weighted by Gasteiger charge is -2.15. The number of nitrogens with one attached hydrogen (secondary N) is 1. The van der Waals surface area contributed by atoms with Gasteiger partial charge in [0.25, 0.3) is 0 Å². The van der Waals surface area contributed by atoms with Crippen LogP contribution >= 0.6 is 0 Å². The minimum absolute atomic E-state index is 0.185. The average Bonchev–Trinajstić information content (AvgIpc) is 2.34. The van der Waals surface area contributed by atoms with Crippen LogP contribution in [-0.2, 0) is 0 Å². The summed E-state index contributed by atoms with van der Waals surface area (Å²) in [6.07, 6.45) is -0.160. The lowest BCUT2D eigenvalue weighted by atomic mass is 9.92. The topological polar surface area (TPSA) is 32.3 Å². The second kappa shape index (κ2) is 4.02. The van der Waals surface area contributed by atoms with Gasteiger partial charge in [0.2, 0.25) is 0 Å². The van der Waals surface area contributed by atoms with Gasteiger partial charge in [-0.05, 0) is 31.7 Å². The highest BCUT2D eigenvalue weighted by Crippen LogP contribution is 2.21. The molecule has 11 heavy (non-hydrogen) atoms. The van der Waals surface area contributed by atoms with Crippen molar-refractivity contribution >= 4 is 0 Å². The Kier molecular flexibility index (Phi) is 3.27. The molecule has 0 amide bonds. The van der Waals surface area contributed by atoms with Crippen LogP contribution in [0.1, 0.15) is 13.3 Å². The third-order valence-electron chi connectivity index (χ3n) is 2.34. The summed E-state index contributed by atoms with van der Waals surface area (Å²) in [5.74, 6) is 0.605. The van der Waals surface area contributed by atoms with Crippen molar-refractivity contribution in [2.24, 2.45) is 11.8 Å². The molecule has 66 valence electrons. The molecule has 0 aliphatic carbocycles. The van der Waals surface area contributed by atoms with Crippen LogP contribution in [0.3, 0.4) is 0 Å². The average molecular weight is 161 g/mol. The van der Waals surface area contributed by atoms with Gasteiger partial charge in [-0.15, -0.1) is 0 Å². The van der Waals surface area contributed by atoms with E-state index < -0.39 is 6.17 Å². The molecule has 3 unspecified atom stereocenters. The fraction of sp³-hybridized carbons (Fsp3) is 1.00. The van der Waals surface area contributed by atoms with Crippen molar-refractivity contribution < 1.29 is 9.50 Å². The van der Waals surface area contributed by atoms with Gasteiger partial charge in [-0.3, -0.25) is 0 Å². The largest absolute Gasteiger partial charge is 0.396 e. The molecule has 0 bridgehead atoms. The van der Waals surface area contributed by atoms with Crippen molar-refractivity contribution in [3.63, 3.8) is 0 Å². The molecule has 0 spiro atoms. The zero-order valence-electron chi connectivity index (χ0n) is 6.89. The Labute approximate surface area is 66.8 Å². The summed E-state index contributed by atoms with van der Waals surface area (Å²) >= 11 is 0. The molecule has 0 saturated carbocycles. The highest BCUT2D eigenvalue weighted by Gasteiger charge is 2.27.